The molecule has 0 aliphatic rings. The van der Waals surface area contributed by atoms with Crippen LogP contribution in [0.15, 0.2) is 24.7 Å². The maximum Gasteiger partial charge on any atom is 0.141 e. The molecule has 0 aliphatic heterocycles. The van der Waals surface area contributed by atoms with Crippen LogP contribution in [0.25, 0.3) is 0 Å². The molecule has 1 unspecified atom stereocenters. The van der Waals surface area contributed by atoms with Crippen molar-refractivity contribution in [3.05, 3.63) is 42.0 Å². The van der Waals surface area contributed by atoms with Gasteiger partial charge in [0, 0.05) is 13.0 Å². The summed E-state index contributed by atoms with van der Waals surface area (Å²) in [6.07, 6.45) is 3.25. The van der Waals surface area contributed by atoms with Gasteiger partial charge in [-0.3, -0.25) is 16.3 Å². The van der Waals surface area contributed by atoms with Gasteiger partial charge in [0.2, 0.25) is 0 Å². The lowest BCUT2D eigenvalue weighted by atomic mass is 10.1. The first kappa shape index (κ1) is 14.5. The Morgan fingerprint density at radius 3 is 2.75 bits per heavy atom. The molecule has 0 aliphatic carbocycles. The van der Waals surface area contributed by atoms with Gasteiger partial charge in [0.1, 0.15) is 18.0 Å². The summed E-state index contributed by atoms with van der Waals surface area (Å²) in [7, 11) is 0. The Morgan fingerprint density at radius 2 is 2.15 bits per heavy atom. The fourth-order valence-corrected chi connectivity index (χ4v) is 1.97. The average molecular weight is 278 g/mol. The second kappa shape index (κ2) is 6.53. The monoisotopic (exact) mass is 278 g/mol. The van der Waals surface area contributed by atoms with Gasteiger partial charge in [-0.25, -0.2) is 14.1 Å². The number of nitrogens with zero attached hydrogens (tertiary/aromatic N) is 4. The number of nitrogens with two attached hydrogens (primary N) is 1. The lowest BCUT2D eigenvalue weighted by Crippen LogP contribution is -2.31. The van der Waals surface area contributed by atoms with E-state index in [4.69, 9.17) is 5.84 Å². The van der Waals surface area contributed by atoms with E-state index >= 15 is 0 Å². The number of nitrogens with one attached hydrogen (secondary N) is 1. The molecule has 2 heterocycles. The number of rotatable bonds is 6. The summed E-state index contributed by atoms with van der Waals surface area (Å²) in [6.45, 7) is 5.03. The highest BCUT2D eigenvalue weighted by molar-refractivity contribution is 5.11. The van der Waals surface area contributed by atoms with E-state index in [1.54, 1.807) is 6.07 Å². The minimum Gasteiger partial charge on any atom is -0.271 e. The predicted molar refractivity (Wildman–Crippen MR) is 72.8 cm³/mol. The van der Waals surface area contributed by atoms with Crippen LogP contribution in [0.2, 0.25) is 0 Å². The first-order chi connectivity index (χ1) is 9.60. The molecule has 2 aromatic rings. The van der Waals surface area contributed by atoms with Gasteiger partial charge in [-0.05, 0) is 18.1 Å². The van der Waals surface area contributed by atoms with Crippen LogP contribution >= 0.6 is 0 Å². The Balaban J connectivity index is 2.14. The molecule has 0 amide bonds. The second-order valence-corrected chi connectivity index (χ2v) is 5.08. The van der Waals surface area contributed by atoms with Crippen molar-refractivity contribution >= 4 is 0 Å². The molecule has 0 aromatic carbocycles. The van der Waals surface area contributed by atoms with E-state index in [0.29, 0.717) is 18.0 Å². The normalized spacial score (nSPS) is 12.8. The zero-order chi connectivity index (χ0) is 14.5. The highest BCUT2D eigenvalue weighted by Gasteiger charge is 2.16. The first-order valence-electron chi connectivity index (χ1n) is 6.54. The van der Waals surface area contributed by atoms with Gasteiger partial charge < -0.3 is 0 Å². The van der Waals surface area contributed by atoms with Crippen molar-refractivity contribution in [3.8, 4) is 0 Å². The van der Waals surface area contributed by atoms with Crippen molar-refractivity contribution in [3.63, 3.8) is 0 Å². The van der Waals surface area contributed by atoms with Crippen LogP contribution in [-0.4, -0.2) is 19.7 Å². The third-order valence-corrected chi connectivity index (χ3v) is 2.93. The highest BCUT2D eigenvalue weighted by Crippen LogP contribution is 2.15. The number of hydrogen-bond donors (Lipinski definition) is 2. The fourth-order valence-electron chi connectivity index (χ4n) is 1.97. The zero-order valence-electron chi connectivity index (χ0n) is 11.6. The van der Waals surface area contributed by atoms with Crippen molar-refractivity contribution in [1.82, 2.24) is 25.2 Å². The summed E-state index contributed by atoms with van der Waals surface area (Å²) in [5.41, 5.74) is 3.36. The maximum atomic E-state index is 12.9. The van der Waals surface area contributed by atoms with Crippen LogP contribution in [0.1, 0.15) is 31.4 Å². The lowest BCUT2D eigenvalue weighted by Gasteiger charge is -2.16. The van der Waals surface area contributed by atoms with Crippen LogP contribution in [0.5, 0.6) is 0 Å². The average Bonchev–Trinajstić information content (AvgIpc) is 2.83. The summed E-state index contributed by atoms with van der Waals surface area (Å²) >= 11 is 0. The number of aromatic nitrogens is 4. The summed E-state index contributed by atoms with van der Waals surface area (Å²) < 4.78 is 14.8. The van der Waals surface area contributed by atoms with E-state index in [0.717, 1.165) is 12.4 Å². The molecule has 0 fully saturated rings. The molecule has 108 valence electrons. The molecule has 2 rings (SSSR count). The van der Waals surface area contributed by atoms with E-state index in [2.05, 4.69) is 34.3 Å². The Bertz CT molecular complexity index is 536. The topological polar surface area (TPSA) is 81.7 Å². The molecule has 0 bridgehead atoms. The van der Waals surface area contributed by atoms with Crippen LogP contribution in [0, 0.1) is 11.7 Å². The van der Waals surface area contributed by atoms with Gasteiger partial charge in [-0.1, -0.05) is 13.8 Å². The molecule has 20 heavy (non-hydrogen) atoms. The summed E-state index contributed by atoms with van der Waals surface area (Å²) in [4.78, 5) is 8.30. The van der Waals surface area contributed by atoms with E-state index in [1.807, 2.05) is 4.68 Å². The first-order valence-corrected chi connectivity index (χ1v) is 6.54. The molecule has 7 heteroatoms. The minimum absolute atomic E-state index is 0.231. The van der Waals surface area contributed by atoms with Crippen LogP contribution in [-0.2, 0) is 13.0 Å². The Hall–Kier alpha value is -1.86. The number of hydrazine groups is 1. The second-order valence-electron chi connectivity index (χ2n) is 5.08. The Morgan fingerprint density at radius 1 is 1.35 bits per heavy atom. The quantitative estimate of drug-likeness (QED) is 0.613. The van der Waals surface area contributed by atoms with Gasteiger partial charge in [-0.15, -0.1) is 0 Å². The van der Waals surface area contributed by atoms with Crippen molar-refractivity contribution in [1.29, 1.82) is 0 Å². The number of halogens is 1. The van der Waals surface area contributed by atoms with Gasteiger partial charge >= 0.3 is 0 Å². The fraction of sp³-hybridized carbons (Fsp3) is 0.462. The summed E-state index contributed by atoms with van der Waals surface area (Å²) in [6, 6.07) is 2.75. The lowest BCUT2D eigenvalue weighted by molar-refractivity contribution is 0.443. The molecule has 2 aromatic heterocycles. The number of pyridine rings is 1. The molecule has 0 saturated carbocycles. The standard InChI is InChI=1S/C13H19FN6/c1-9(2)7-20-13(17-8-18-20)5-12(19-15)11-4-3-10(14)6-16-11/h3-4,6,8-9,12,19H,5,7,15H2,1-2H3. The molecule has 0 radical (unpaired) electrons. The van der Waals surface area contributed by atoms with Gasteiger partial charge in [0.05, 0.1) is 17.9 Å². The molecule has 0 spiro atoms. The smallest absolute Gasteiger partial charge is 0.141 e. The van der Waals surface area contributed by atoms with Crippen LogP contribution in [0.4, 0.5) is 4.39 Å². The van der Waals surface area contributed by atoms with E-state index < -0.39 is 0 Å². The third-order valence-electron chi connectivity index (χ3n) is 2.93. The van der Waals surface area contributed by atoms with Gasteiger partial charge in [0.25, 0.3) is 0 Å². The Labute approximate surface area is 117 Å². The molecule has 3 N–H and O–H groups in total. The SMILES string of the molecule is CC(C)Cn1ncnc1CC(NN)c1ccc(F)cn1. The van der Waals surface area contributed by atoms with Crippen molar-refractivity contribution in [2.24, 2.45) is 11.8 Å². The predicted octanol–water partition coefficient (Wildman–Crippen LogP) is 1.22. The molecular weight excluding hydrogens is 259 g/mol. The van der Waals surface area contributed by atoms with E-state index in [1.165, 1.54) is 18.6 Å². The summed E-state index contributed by atoms with van der Waals surface area (Å²) in [5, 5.41) is 4.21. The molecule has 6 nitrogen and oxygen atoms in total. The van der Waals surface area contributed by atoms with Gasteiger partial charge in [0.15, 0.2) is 0 Å². The molecular formula is C13H19FN6. The third kappa shape index (κ3) is 3.58. The van der Waals surface area contributed by atoms with E-state index in [-0.39, 0.29) is 11.9 Å². The van der Waals surface area contributed by atoms with Gasteiger partial charge in [-0.2, -0.15) is 5.10 Å². The van der Waals surface area contributed by atoms with Crippen molar-refractivity contribution < 1.29 is 4.39 Å². The molecule has 0 saturated heterocycles. The molecule has 1 atom stereocenters. The summed E-state index contributed by atoms with van der Waals surface area (Å²) in [5.74, 6) is 6.50. The van der Waals surface area contributed by atoms with Crippen molar-refractivity contribution in [2.45, 2.75) is 32.9 Å². The maximum absolute atomic E-state index is 12.9. The largest absolute Gasteiger partial charge is 0.271 e. The van der Waals surface area contributed by atoms with E-state index in [9.17, 15) is 4.39 Å². The minimum atomic E-state index is -0.368. The zero-order valence-corrected chi connectivity index (χ0v) is 11.6. The number of hydrogen-bond acceptors (Lipinski definition) is 5. The Kier molecular flexibility index (Phi) is 4.75. The highest BCUT2D eigenvalue weighted by atomic mass is 19.1. The van der Waals surface area contributed by atoms with Crippen LogP contribution < -0.4 is 11.3 Å². The van der Waals surface area contributed by atoms with Crippen LogP contribution in [0.3, 0.4) is 0 Å². The van der Waals surface area contributed by atoms with Crippen molar-refractivity contribution in [2.75, 3.05) is 0 Å².